The van der Waals surface area contributed by atoms with Gasteiger partial charge in [-0.15, -0.1) is 0 Å². The number of halogens is 5. The first-order chi connectivity index (χ1) is 6.86. The molecule has 0 unspecified atom stereocenters. The van der Waals surface area contributed by atoms with E-state index in [-0.39, 0.29) is 6.20 Å². The van der Waals surface area contributed by atoms with Crippen molar-refractivity contribution >= 4 is 0 Å². The predicted molar refractivity (Wildman–Crippen MR) is 38.9 cm³/mol. The molecule has 0 aromatic carbocycles. The zero-order valence-electron chi connectivity index (χ0n) is 7.02. The number of rotatable bonds is 1. The number of nitriles is 1. The lowest BCUT2D eigenvalue weighted by atomic mass is 10.1. The Labute approximate surface area is 81.0 Å². The molecule has 1 rings (SSSR count). The van der Waals surface area contributed by atoms with Gasteiger partial charge in [0.1, 0.15) is 5.69 Å². The van der Waals surface area contributed by atoms with Crippen LogP contribution in [0.25, 0.3) is 0 Å². The molecular formula is C8H3F5N2. The quantitative estimate of drug-likeness (QED) is 0.685. The van der Waals surface area contributed by atoms with Crippen LogP contribution in [0.2, 0.25) is 0 Å². The fourth-order valence-electron chi connectivity index (χ4n) is 0.909. The second-order valence-electron chi connectivity index (χ2n) is 2.57. The first-order valence-electron chi connectivity index (χ1n) is 3.61. The highest BCUT2D eigenvalue weighted by Crippen LogP contribution is 2.32. The van der Waals surface area contributed by atoms with Crippen LogP contribution in [0.3, 0.4) is 0 Å². The van der Waals surface area contributed by atoms with Crippen molar-refractivity contribution < 1.29 is 22.0 Å². The molecule has 0 saturated heterocycles. The normalized spacial score (nSPS) is 11.5. The van der Waals surface area contributed by atoms with Gasteiger partial charge in [0.05, 0.1) is 17.2 Å². The van der Waals surface area contributed by atoms with E-state index < -0.39 is 29.4 Å². The van der Waals surface area contributed by atoms with Gasteiger partial charge in [0.25, 0.3) is 6.43 Å². The number of hydrogen-bond donors (Lipinski definition) is 0. The van der Waals surface area contributed by atoms with E-state index in [1.54, 1.807) is 0 Å². The maximum atomic E-state index is 12.2. The van der Waals surface area contributed by atoms with Gasteiger partial charge in [0.15, 0.2) is 0 Å². The first kappa shape index (κ1) is 11.4. The summed E-state index contributed by atoms with van der Waals surface area (Å²) in [6, 6.07) is 1.64. The van der Waals surface area contributed by atoms with E-state index in [9.17, 15) is 22.0 Å². The molecule has 1 aromatic rings. The van der Waals surface area contributed by atoms with Gasteiger partial charge in [0.2, 0.25) is 0 Å². The van der Waals surface area contributed by atoms with E-state index in [1.165, 1.54) is 6.07 Å². The maximum absolute atomic E-state index is 12.2. The lowest BCUT2D eigenvalue weighted by Crippen LogP contribution is -2.09. The molecule has 1 heterocycles. The van der Waals surface area contributed by atoms with E-state index in [4.69, 9.17) is 5.26 Å². The summed E-state index contributed by atoms with van der Waals surface area (Å²) in [5, 5.41) is 8.37. The van der Waals surface area contributed by atoms with Crippen molar-refractivity contribution in [3.63, 3.8) is 0 Å². The molecule has 1 aromatic heterocycles. The molecule has 80 valence electrons. The fraction of sp³-hybridized carbons (Fsp3) is 0.250. The van der Waals surface area contributed by atoms with Crippen LogP contribution in [0.15, 0.2) is 12.3 Å². The van der Waals surface area contributed by atoms with Crippen molar-refractivity contribution in [2.75, 3.05) is 0 Å². The summed E-state index contributed by atoms with van der Waals surface area (Å²) in [6.45, 7) is 0. The number of alkyl halides is 5. The minimum atomic E-state index is -4.77. The third-order valence-corrected chi connectivity index (χ3v) is 1.57. The molecule has 15 heavy (non-hydrogen) atoms. The second kappa shape index (κ2) is 3.81. The highest BCUT2D eigenvalue weighted by molar-refractivity contribution is 5.39. The van der Waals surface area contributed by atoms with Gasteiger partial charge in [-0.25, -0.2) is 8.78 Å². The summed E-state index contributed by atoms with van der Waals surface area (Å²) in [7, 11) is 0. The van der Waals surface area contributed by atoms with E-state index in [1.807, 2.05) is 0 Å². The van der Waals surface area contributed by atoms with E-state index in [2.05, 4.69) is 4.98 Å². The molecule has 0 spiro atoms. The fourth-order valence-corrected chi connectivity index (χ4v) is 0.909. The smallest absolute Gasteiger partial charge is 0.255 e. The zero-order chi connectivity index (χ0) is 11.6. The van der Waals surface area contributed by atoms with Gasteiger partial charge in [-0.2, -0.15) is 18.4 Å². The average molecular weight is 222 g/mol. The lowest BCUT2D eigenvalue weighted by molar-refractivity contribution is -0.138. The maximum Gasteiger partial charge on any atom is 0.419 e. The summed E-state index contributed by atoms with van der Waals surface area (Å²) < 4.78 is 60.7. The molecule has 0 aliphatic heterocycles. The van der Waals surface area contributed by atoms with Crippen LogP contribution in [-0.4, -0.2) is 4.98 Å². The number of hydrogen-bond acceptors (Lipinski definition) is 2. The Morgan fingerprint density at radius 2 is 1.93 bits per heavy atom. The number of nitrogens with zero attached hydrogens (tertiary/aromatic N) is 2. The Bertz CT molecular complexity index is 404. The largest absolute Gasteiger partial charge is 0.419 e. The molecule has 0 fully saturated rings. The SMILES string of the molecule is N#Cc1cc(C(F)F)ncc1C(F)(F)F. The van der Waals surface area contributed by atoms with Gasteiger partial charge >= 0.3 is 6.18 Å². The number of aromatic nitrogens is 1. The van der Waals surface area contributed by atoms with Crippen molar-refractivity contribution in [1.82, 2.24) is 4.98 Å². The van der Waals surface area contributed by atoms with Gasteiger partial charge in [-0.1, -0.05) is 0 Å². The topological polar surface area (TPSA) is 36.7 Å². The van der Waals surface area contributed by atoms with E-state index >= 15 is 0 Å². The molecule has 7 heteroatoms. The Kier molecular flexibility index (Phi) is 2.88. The average Bonchev–Trinajstić information content (AvgIpc) is 2.15. The van der Waals surface area contributed by atoms with Gasteiger partial charge in [0, 0.05) is 6.20 Å². The molecular weight excluding hydrogens is 219 g/mol. The third kappa shape index (κ3) is 2.40. The Morgan fingerprint density at radius 3 is 2.33 bits per heavy atom. The molecule has 0 aliphatic carbocycles. The van der Waals surface area contributed by atoms with Crippen LogP contribution in [0.5, 0.6) is 0 Å². The van der Waals surface area contributed by atoms with Crippen LogP contribution in [0, 0.1) is 11.3 Å². The Balaban J connectivity index is 3.29. The van der Waals surface area contributed by atoms with Crippen molar-refractivity contribution in [1.29, 1.82) is 5.26 Å². The van der Waals surface area contributed by atoms with Gasteiger partial charge in [-0.3, -0.25) is 4.98 Å². The predicted octanol–water partition coefficient (Wildman–Crippen LogP) is 2.91. The van der Waals surface area contributed by atoms with Gasteiger partial charge < -0.3 is 0 Å². The Morgan fingerprint density at radius 1 is 1.33 bits per heavy atom. The first-order valence-corrected chi connectivity index (χ1v) is 3.61. The van der Waals surface area contributed by atoms with E-state index in [0.29, 0.717) is 6.07 Å². The minimum Gasteiger partial charge on any atom is -0.255 e. The highest BCUT2D eigenvalue weighted by atomic mass is 19.4. The van der Waals surface area contributed by atoms with Crippen LogP contribution >= 0.6 is 0 Å². The molecule has 0 aliphatic rings. The second-order valence-corrected chi connectivity index (χ2v) is 2.57. The van der Waals surface area contributed by atoms with Crippen LogP contribution in [-0.2, 0) is 6.18 Å². The lowest BCUT2D eigenvalue weighted by Gasteiger charge is -2.08. The van der Waals surface area contributed by atoms with Crippen molar-refractivity contribution in [2.24, 2.45) is 0 Å². The molecule has 0 amide bonds. The molecule has 0 bridgehead atoms. The third-order valence-electron chi connectivity index (χ3n) is 1.57. The summed E-state index contributed by atoms with van der Waals surface area (Å²) in [4.78, 5) is 2.93. The van der Waals surface area contributed by atoms with Crippen LogP contribution in [0.4, 0.5) is 22.0 Å². The molecule has 0 atom stereocenters. The van der Waals surface area contributed by atoms with Crippen molar-refractivity contribution in [3.05, 3.63) is 29.1 Å². The van der Waals surface area contributed by atoms with Crippen molar-refractivity contribution in [3.8, 4) is 6.07 Å². The summed E-state index contributed by atoms with van der Waals surface area (Å²) >= 11 is 0. The molecule has 2 nitrogen and oxygen atoms in total. The standard InChI is InChI=1S/C8H3F5N2/c9-7(10)6-1-4(2-14)5(3-15-6)8(11,12)13/h1,3,7H. The zero-order valence-corrected chi connectivity index (χ0v) is 7.02. The van der Waals surface area contributed by atoms with E-state index in [0.717, 1.165) is 0 Å². The number of pyridine rings is 1. The van der Waals surface area contributed by atoms with Crippen molar-refractivity contribution in [2.45, 2.75) is 12.6 Å². The summed E-state index contributed by atoms with van der Waals surface area (Å²) in [5.41, 5.74) is -3.01. The molecule has 0 radical (unpaired) electrons. The molecule has 0 saturated carbocycles. The Hall–Kier alpha value is -1.71. The summed E-state index contributed by atoms with van der Waals surface area (Å²) in [6.07, 6.45) is -7.53. The van der Waals surface area contributed by atoms with Crippen LogP contribution < -0.4 is 0 Å². The van der Waals surface area contributed by atoms with Gasteiger partial charge in [-0.05, 0) is 6.07 Å². The monoisotopic (exact) mass is 222 g/mol. The summed E-state index contributed by atoms with van der Waals surface area (Å²) in [5.74, 6) is 0. The van der Waals surface area contributed by atoms with Crippen LogP contribution in [0.1, 0.15) is 23.2 Å². The highest BCUT2D eigenvalue weighted by Gasteiger charge is 2.34. The molecule has 0 N–H and O–H groups in total. The minimum absolute atomic E-state index is 0.236.